The molecule has 2 N–H and O–H groups in total. The fourth-order valence-corrected chi connectivity index (χ4v) is 1.09. The van der Waals surface area contributed by atoms with Gasteiger partial charge < -0.3 is 14.9 Å². The molecule has 0 saturated carbocycles. The van der Waals surface area contributed by atoms with Crippen LogP contribution in [0.15, 0.2) is 11.1 Å². The molecule has 0 saturated heterocycles. The van der Waals surface area contributed by atoms with E-state index in [-0.39, 0.29) is 11.1 Å². The zero-order valence-corrected chi connectivity index (χ0v) is 8.40. The van der Waals surface area contributed by atoms with Gasteiger partial charge in [0.05, 0.1) is 11.7 Å². The maximum absolute atomic E-state index is 10.8. The summed E-state index contributed by atoms with van der Waals surface area (Å²) in [5.41, 5.74) is -0.405. The summed E-state index contributed by atoms with van der Waals surface area (Å²) in [6.45, 7) is 4.82. The van der Waals surface area contributed by atoms with Crippen LogP contribution in [0.25, 0.3) is 0 Å². The average molecular weight is 202 g/mol. The van der Waals surface area contributed by atoms with E-state index >= 15 is 0 Å². The molecule has 0 fully saturated rings. The minimum absolute atomic E-state index is 0.196. The van der Waals surface area contributed by atoms with Crippen molar-refractivity contribution in [3.8, 4) is 0 Å². The summed E-state index contributed by atoms with van der Waals surface area (Å²) in [6.07, 6.45) is -0.714. The Balaban J connectivity index is 5.03. The van der Waals surface area contributed by atoms with E-state index in [9.17, 15) is 9.59 Å². The number of carboxylic acid groups (broad SMARTS) is 2. The Hall–Kier alpha value is -1.36. The fourth-order valence-electron chi connectivity index (χ4n) is 1.09. The number of carboxylic acids is 2. The molecule has 0 heterocycles. The molecule has 80 valence electrons. The number of hydrogen-bond acceptors (Lipinski definition) is 3. The lowest BCUT2D eigenvalue weighted by molar-refractivity contribution is -0.137. The lowest BCUT2D eigenvalue weighted by Crippen LogP contribution is -2.22. The average Bonchev–Trinajstić information content (AvgIpc) is 2.03. The van der Waals surface area contributed by atoms with E-state index in [4.69, 9.17) is 14.9 Å². The Morgan fingerprint density at radius 1 is 1.29 bits per heavy atom. The van der Waals surface area contributed by atoms with Crippen LogP contribution in [0, 0.1) is 0 Å². The molecule has 0 bridgehead atoms. The summed E-state index contributed by atoms with van der Waals surface area (Å²) in [5, 5.41) is 17.4. The Morgan fingerprint density at radius 2 is 1.79 bits per heavy atom. The summed E-state index contributed by atoms with van der Waals surface area (Å²) in [4.78, 5) is 21.3. The van der Waals surface area contributed by atoms with Crippen molar-refractivity contribution in [2.24, 2.45) is 0 Å². The summed E-state index contributed by atoms with van der Waals surface area (Å²) >= 11 is 0. The Morgan fingerprint density at radius 3 is 2.07 bits per heavy atom. The van der Waals surface area contributed by atoms with Gasteiger partial charge in [0.1, 0.15) is 0 Å². The second kappa shape index (κ2) is 5.39. The molecule has 1 atom stereocenters. The predicted molar refractivity (Wildman–Crippen MR) is 49.1 cm³/mol. The summed E-state index contributed by atoms with van der Waals surface area (Å²) < 4.78 is 5.03. The normalized spacial score (nSPS) is 14.5. The smallest absolute Gasteiger partial charge is 0.334 e. The zero-order valence-electron chi connectivity index (χ0n) is 8.40. The standard InChI is InChI=1S/C9H14O5/c1-4-14-6(3)7(9(12)13)5(2)8(10)11/h6H,4H2,1-3H3,(H,10,11)(H,12,13). The number of aliphatic carboxylic acids is 2. The molecule has 5 heteroatoms. The van der Waals surface area contributed by atoms with Crippen LogP contribution in [0.4, 0.5) is 0 Å². The van der Waals surface area contributed by atoms with Gasteiger partial charge in [-0.05, 0) is 20.8 Å². The van der Waals surface area contributed by atoms with Crippen LogP contribution < -0.4 is 0 Å². The quantitative estimate of drug-likeness (QED) is 0.647. The Bertz CT molecular complexity index is 266. The number of rotatable bonds is 5. The van der Waals surface area contributed by atoms with E-state index in [0.29, 0.717) is 6.61 Å². The highest BCUT2D eigenvalue weighted by Crippen LogP contribution is 2.12. The van der Waals surface area contributed by atoms with E-state index in [2.05, 4.69) is 0 Å². The third-order valence-corrected chi connectivity index (χ3v) is 1.78. The van der Waals surface area contributed by atoms with Crippen LogP contribution in [0.2, 0.25) is 0 Å². The van der Waals surface area contributed by atoms with Gasteiger partial charge in [0, 0.05) is 12.2 Å². The molecule has 0 amide bonds. The second-order valence-electron chi connectivity index (χ2n) is 2.75. The predicted octanol–water partition coefficient (Wildman–Crippen LogP) is 0.897. The third-order valence-electron chi connectivity index (χ3n) is 1.78. The first-order valence-corrected chi connectivity index (χ1v) is 4.20. The van der Waals surface area contributed by atoms with Gasteiger partial charge >= 0.3 is 11.9 Å². The molecule has 0 aliphatic rings. The molecule has 0 aromatic carbocycles. The molecule has 5 nitrogen and oxygen atoms in total. The zero-order chi connectivity index (χ0) is 11.3. The lowest BCUT2D eigenvalue weighted by atomic mass is 10.1. The first kappa shape index (κ1) is 12.6. The molecule has 0 aliphatic heterocycles. The van der Waals surface area contributed by atoms with Gasteiger partial charge in [-0.3, -0.25) is 0 Å². The molecule has 0 radical (unpaired) electrons. The van der Waals surface area contributed by atoms with Crippen LogP contribution >= 0.6 is 0 Å². The van der Waals surface area contributed by atoms with Crippen LogP contribution in [0.1, 0.15) is 20.8 Å². The SMILES string of the molecule is CCOC(C)C(C(=O)O)=C(C)C(=O)O. The third kappa shape index (κ3) is 3.18. The monoisotopic (exact) mass is 202 g/mol. The second-order valence-corrected chi connectivity index (χ2v) is 2.75. The van der Waals surface area contributed by atoms with Gasteiger partial charge in [0.15, 0.2) is 0 Å². The van der Waals surface area contributed by atoms with Crippen molar-refractivity contribution in [2.45, 2.75) is 26.9 Å². The summed E-state index contributed by atoms with van der Waals surface area (Å²) in [5.74, 6) is -2.50. The molecule has 0 spiro atoms. The van der Waals surface area contributed by atoms with Crippen LogP contribution in [-0.2, 0) is 14.3 Å². The minimum Gasteiger partial charge on any atom is -0.478 e. The topological polar surface area (TPSA) is 83.8 Å². The van der Waals surface area contributed by atoms with Crippen molar-refractivity contribution >= 4 is 11.9 Å². The van der Waals surface area contributed by atoms with Gasteiger partial charge in [-0.2, -0.15) is 0 Å². The molecular formula is C9H14O5. The largest absolute Gasteiger partial charge is 0.478 e. The van der Waals surface area contributed by atoms with Gasteiger partial charge in [-0.15, -0.1) is 0 Å². The fraction of sp³-hybridized carbons (Fsp3) is 0.556. The van der Waals surface area contributed by atoms with E-state index in [1.165, 1.54) is 13.8 Å². The van der Waals surface area contributed by atoms with Crippen LogP contribution in [0.3, 0.4) is 0 Å². The van der Waals surface area contributed by atoms with Crippen molar-refractivity contribution in [1.29, 1.82) is 0 Å². The highest BCUT2D eigenvalue weighted by atomic mass is 16.5. The highest BCUT2D eigenvalue weighted by molar-refractivity contribution is 5.99. The first-order chi connectivity index (χ1) is 6.41. The van der Waals surface area contributed by atoms with E-state index in [1.807, 2.05) is 0 Å². The molecule has 0 aromatic rings. The first-order valence-electron chi connectivity index (χ1n) is 4.20. The van der Waals surface area contributed by atoms with E-state index < -0.39 is 18.0 Å². The maximum Gasteiger partial charge on any atom is 0.334 e. The van der Waals surface area contributed by atoms with Crippen molar-refractivity contribution in [1.82, 2.24) is 0 Å². The lowest BCUT2D eigenvalue weighted by Gasteiger charge is -2.13. The maximum atomic E-state index is 10.8. The van der Waals surface area contributed by atoms with Gasteiger partial charge in [-0.25, -0.2) is 9.59 Å². The summed E-state index contributed by atoms with van der Waals surface area (Å²) in [6, 6.07) is 0. The van der Waals surface area contributed by atoms with Crippen LogP contribution in [-0.4, -0.2) is 34.9 Å². The number of carbonyl (C=O) groups is 2. The molecular weight excluding hydrogens is 188 g/mol. The minimum atomic E-state index is -1.26. The van der Waals surface area contributed by atoms with Crippen LogP contribution in [0.5, 0.6) is 0 Å². The van der Waals surface area contributed by atoms with Crippen molar-refractivity contribution in [3.05, 3.63) is 11.1 Å². The van der Waals surface area contributed by atoms with E-state index in [1.54, 1.807) is 6.92 Å². The van der Waals surface area contributed by atoms with Crippen molar-refractivity contribution in [2.75, 3.05) is 6.61 Å². The van der Waals surface area contributed by atoms with E-state index in [0.717, 1.165) is 0 Å². The van der Waals surface area contributed by atoms with Gasteiger partial charge in [-0.1, -0.05) is 0 Å². The van der Waals surface area contributed by atoms with Gasteiger partial charge in [0.2, 0.25) is 0 Å². The van der Waals surface area contributed by atoms with Crippen molar-refractivity contribution < 1.29 is 24.5 Å². The summed E-state index contributed by atoms with van der Waals surface area (Å²) in [7, 11) is 0. The molecule has 0 aliphatic carbocycles. The molecule has 0 aromatic heterocycles. The number of ether oxygens (including phenoxy) is 1. The highest BCUT2D eigenvalue weighted by Gasteiger charge is 2.22. The van der Waals surface area contributed by atoms with Gasteiger partial charge in [0.25, 0.3) is 0 Å². The van der Waals surface area contributed by atoms with Crippen molar-refractivity contribution in [3.63, 3.8) is 0 Å². The Labute approximate surface area is 82.0 Å². The molecule has 14 heavy (non-hydrogen) atoms. The molecule has 0 rings (SSSR count). The Kier molecular flexibility index (Phi) is 4.86. The number of hydrogen-bond donors (Lipinski definition) is 2. The molecule has 1 unspecified atom stereocenters.